The zero-order valence-corrected chi connectivity index (χ0v) is 14.8. The predicted octanol–water partition coefficient (Wildman–Crippen LogP) is 3.21. The fourth-order valence-corrected chi connectivity index (χ4v) is 3.20. The van der Waals surface area contributed by atoms with Gasteiger partial charge in [-0.15, -0.1) is 12.4 Å². The molecule has 1 fully saturated rings. The summed E-state index contributed by atoms with van der Waals surface area (Å²) in [4.78, 5) is 14.5. The zero-order valence-electron chi connectivity index (χ0n) is 14.0. The van der Waals surface area contributed by atoms with Gasteiger partial charge >= 0.3 is 0 Å². The molecule has 4 nitrogen and oxygen atoms in total. The molecule has 1 aliphatic rings. The lowest BCUT2D eigenvalue weighted by atomic mass is 9.90. The Balaban J connectivity index is 0.00000192. The van der Waals surface area contributed by atoms with Crippen LogP contribution in [0.25, 0.3) is 11.0 Å². The summed E-state index contributed by atoms with van der Waals surface area (Å²) in [5, 5.41) is 1.05. The number of carbonyl (C=O) groups is 1. The van der Waals surface area contributed by atoms with Gasteiger partial charge in [0, 0.05) is 24.0 Å². The molecule has 1 aromatic heterocycles. The third-order valence-corrected chi connectivity index (χ3v) is 5.09. The first-order chi connectivity index (χ1) is 10.4. The normalized spacial score (nSPS) is 20.8. The monoisotopic (exact) mass is 336 g/mol. The zero-order chi connectivity index (χ0) is 15.9. The van der Waals surface area contributed by atoms with Crippen molar-refractivity contribution in [2.75, 3.05) is 19.6 Å². The van der Waals surface area contributed by atoms with Gasteiger partial charge in [-0.2, -0.15) is 0 Å². The second kappa shape index (κ2) is 6.54. The molecule has 1 amide bonds. The van der Waals surface area contributed by atoms with Gasteiger partial charge in [-0.05, 0) is 43.4 Å². The molecule has 23 heavy (non-hydrogen) atoms. The summed E-state index contributed by atoms with van der Waals surface area (Å²) in [6, 6.07) is 4.14. The van der Waals surface area contributed by atoms with Crippen molar-refractivity contribution in [2.45, 2.75) is 33.6 Å². The molecular weight excluding hydrogens is 312 g/mol. The van der Waals surface area contributed by atoms with Crippen LogP contribution in [-0.4, -0.2) is 30.4 Å². The molecule has 2 heterocycles. The van der Waals surface area contributed by atoms with Crippen molar-refractivity contribution < 1.29 is 9.21 Å². The molecule has 0 spiro atoms. The lowest BCUT2D eigenvalue weighted by Crippen LogP contribution is -2.35. The molecule has 5 heteroatoms. The number of carbonyl (C=O) groups excluding carboxylic acids is 1. The van der Waals surface area contributed by atoms with E-state index in [0.717, 1.165) is 41.6 Å². The van der Waals surface area contributed by atoms with E-state index in [0.29, 0.717) is 13.0 Å². The van der Waals surface area contributed by atoms with Crippen LogP contribution in [-0.2, 0) is 11.2 Å². The highest BCUT2D eigenvalue weighted by Crippen LogP contribution is 2.30. The lowest BCUT2D eigenvalue weighted by Gasteiger charge is -2.22. The van der Waals surface area contributed by atoms with Crippen molar-refractivity contribution in [2.24, 2.45) is 11.1 Å². The second-order valence-electron chi connectivity index (χ2n) is 6.90. The Hall–Kier alpha value is -1.52. The summed E-state index contributed by atoms with van der Waals surface area (Å²) in [6.07, 6.45) is 3.11. The third kappa shape index (κ3) is 3.24. The Morgan fingerprint density at radius 2 is 2.13 bits per heavy atom. The van der Waals surface area contributed by atoms with Gasteiger partial charge in [0.05, 0.1) is 12.7 Å². The molecule has 1 atom stereocenters. The van der Waals surface area contributed by atoms with Crippen molar-refractivity contribution in [1.82, 2.24) is 4.90 Å². The summed E-state index contributed by atoms with van der Waals surface area (Å²) in [5.74, 6) is 0.165. The van der Waals surface area contributed by atoms with Gasteiger partial charge in [0.25, 0.3) is 0 Å². The van der Waals surface area contributed by atoms with Crippen LogP contribution >= 0.6 is 12.4 Å². The Kier molecular flexibility index (Phi) is 5.07. The highest BCUT2D eigenvalue weighted by Gasteiger charge is 2.34. The van der Waals surface area contributed by atoms with Crippen LogP contribution in [0.3, 0.4) is 0 Å². The van der Waals surface area contributed by atoms with E-state index >= 15 is 0 Å². The standard InChI is InChI=1S/C18H24N2O2.ClH/c1-12-4-5-15-14(9-22-17(15)13(12)2)8-16(21)20-7-6-18(3,10-19)11-20;/h4-5,9H,6-8,10-11,19H2,1-3H3;1H. The summed E-state index contributed by atoms with van der Waals surface area (Å²) in [7, 11) is 0. The van der Waals surface area contributed by atoms with Crippen molar-refractivity contribution in [1.29, 1.82) is 0 Å². The van der Waals surface area contributed by atoms with Crippen LogP contribution in [0.1, 0.15) is 30.0 Å². The highest BCUT2D eigenvalue weighted by molar-refractivity contribution is 5.89. The molecule has 0 bridgehead atoms. The van der Waals surface area contributed by atoms with Crippen LogP contribution in [0.4, 0.5) is 0 Å². The fourth-order valence-electron chi connectivity index (χ4n) is 3.20. The number of nitrogens with zero attached hydrogens (tertiary/aromatic N) is 1. The molecule has 0 radical (unpaired) electrons. The van der Waals surface area contributed by atoms with Crippen LogP contribution in [0, 0.1) is 19.3 Å². The first kappa shape index (κ1) is 17.8. The molecule has 1 unspecified atom stereocenters. The average Bonchev–Trinajstić information content (AvgIpc) is 3.08. The van der Waals surface area contributed by atoms with Gasteiger partial charge in [-0.3, -0.25) is 4.79 Å². The van der Waals surface area contributed by atoms with E-state index in [1.807, 2.05) is 4.90 Å². The number of rotatable bonds is 3. The maximum absolute atomic E-state index is 12.6. The van der Waals surface area contributed by atoms with E-state index in [1.54, 1.807) is 6.26 Å². The van der Waals surface area contributed by atoms with Crippen LogP contribution in [0.2, 0.25) is 0 Å². The summed E-state index contributed by atoms with van der Waals surface area (Å²) in [6.45, 7) is 8.47. The maximum atomic E-state index is 12.6. The number of amides is 1. The fraction of sp³-hybridized carbons (Fsp3) is 0.500. The van der Waals surface area contributed by atoms with Gasteiger partial charge in [-0.25, -0.2) is 0 Å². The Labute approximate surface area is 143 Å². The number of hydrogen-bond donors (Lipinski definition) is 1. The first-order valence-corrected chi connectivity index (χ1v) is 7.88. The van der Waals surface area contributed by atoms with Gasteiger partial charge < -0.3 is 15.1 Å². The molecule has 0 saturated carbocycles. The SMILES string of the molecule is Cc1ccc2c(CC(=O)N3CCC(C)(CN)C3)coc2c1C.Cl. The minimum Gasteiger partial charge on any atom is -0.464 e. The molecule has 3 rings (SSSR count). The highest BCUT2D eigenvalue weighted by atomic mass is 35.5. The molecule has 2 N–H and O–H groups in total. The van der Waals surface area contributed by atoms with Crippen molar-refractivity contribution in [3.8, 4) is 0 Å². The van der Waals surface area contributed by atoms with Crippen LogP contribution in [0.5, 0.6) is 0 Å². The van der Waals surface area contributed by atoms with Crippen LogP contribution < -0.4 is 5.73 Å². The number of hydrogen-bond acceptors (Lipinski definition) is 3. The molecule has 0 aliphatic carbocycles. The topological polar surface area (TPSA) is 59.5 Å². The van der Waals surface area contributed by atoms with E-state index in [-0.39, 0.29) is 23.7 Å². The second-order valence-corrected chi connectivity index (χ2v) is 6.90. The molecule has 1 aromatic carbocycles. The van der Waals surface area contributed by atoms with Gasteiger partial charge in [-0.1, -0.05) is 19.1 Å². The number of benzene rings is 1. The number of halogens is 1. The van der Waals surface area contributed by atoms with Gasteiger partial charge in [0.15, 0.2) is 0 Å². The Bertz CT molecular complexity index is 725. The number of nitrogens with two attached hydrogens (primary N) is 1. The van der Waals surface area contributed by atoms with Crippen LogP contribution in [0.15, 0.2) is 22.8 Å². The minimum atomic E-state index is 0. The molecule has 126 valence electrons. The Morgan fingerprint density at radius 1 is 1.39 bits per heavy atom. The van der Waals surface area contributed by atoms with E-state index in [2.05, 4.69) is 32.9 Å². The van der Waals surface area contributed by atoms with E-state index in [1.165, 1.54) is 5.56 Å². The van der Waals surface area contributed by atoms with E-state index in [4.69, 9.17) is 10.2 Å². The van der Waals surface area contributed by atoms with E-state index < -0.39 is 0 Å². The summed E-state index contributed by atoms with van der Waals surface area (Å²) in [5.41, 5.74) is 10.1. The molecule has 1 saturated heterocycles. The minimum absolute atomic E-state index is 0. The van der Waals surface area contributed by atoms with E-state index in [9.17, 15) is 4.79 Å². The number of fused-ring (bicyclic) bond motifs is 1. The third-order valence-electron chi connectivity index (χ3n) is 5.09. The van der Waals surface area contributed by atoms with Gasteiger partial charge in [0.2, 0.25) is 5.91 Å². The van der Waals surface area contributed by atoms with Crippen molar-refractivity contribution in [3.05, 3.63) is 35.1 Å². The maximum Gasteiger partial charge on any atom is 0.227 e. The summed E-state index contributed by atoms with van der Waals surface area (Å²) < 4.78 is 5.70. The van der Waals surface area contributed by atoms with Gasteiger partial charge in [0.1, 0.15) is 5.58 Å². The predicted molar refractivity (Wildman–Crippen MR) is 95.0 cm³/mol. The lowest BCUT2D eigenvalue weighted by molar-refractivity contribution is -0.129. The molecule has 1 aliphatic heterocycles. The smallest absolute Gasteiger partial charge is 0.227 e. The Morgan fingerprint density at radius 3 is 2.78 bits per heavy atom. The first-order valence-electron chi connectivity index (χ1n) is 7.88. The number of likely N-dealkylation sites (tertiary alicyclic amines) is 1. The molecular formula is C18H25ClN2O2. The average molecular weight is 337 g/mol. The quantitative estimate of drug-likeness (QED) is 0.936. The van der Waals surface area contributed by atoms with Crippen molar-refractivity contribution in [3.63, 3.8) is 0 Å². The number of aryl methyl sites for hydroxylation is 2. The molecule has 2 aromatic rings. The summed E-state index contributed by atoms with van der Waals surface area (Å²) >= 11 is 0. The largest absolute Gasteiger partial charge is 0.464 e. The van der Waals surface area contributed by atoms with Crippen molar-refractivity contribution >= 4 is 29.3 Å². The number of furan rings is 1.